The molecule has 0 radical (unpaired) electrons. The molecular weight excluding hydrogens is 375 g/mol. The number of halogens is 1. The van der Waals surface area contributed by atoms with Gasteiger partial charge in [-0.2, -0.15) is 0 Å². The molecule has 0 amide bonds. The first-order chi connectivity index (χ1) is 9.81. The standard InChI is InChI=1S/C16H32N4.HI/c1-3-10-20-11-8-14(9-12-20)13-18-16(17-2)19-15-6-4-5-7-15;/h14-15H,3-13H2,1-2H3,(H2,17,18,19);1H. The molecule has 1 aliphatic carbocycles. The van der Waals surface area contributed by atoms with E-state index in [0.29, 0.717) is 6.04 Å². The van der Waals surface area contributed by atoms with Crippen molar-refractivity contribution in [1.29, 1.82) is 0 Å². The van der Waals surface area contributed by atoms with Crippen molar-refractivity contribution in [1.82, 2.24) is 15.5 Å². The maximum absolute atomic E-state index is 4.36. The first kappa shape index (κ1) is 19.0. The van der Waals surface area contributed by atoms with Gasteiger partial charge in [-0.15, -0.1) is 24.0 Å². The van der Waals surface area contributed by atoms with Crippen LogP contribution in [0.4, 0.5) is 0 Å². The number of guanidine groups is 1. The van der Waals surface area contributed by atoms with Gasteiger partial charge in [-0.25, -0.2) is 0 Å². The maximum Gasteiger partial charge on any atom is 0.191 e. The molecule has 2 rings (SSSR count). The summed E-state index contributed by atoms with van der Waals surface area (Å²) in [4.78, 5) is 6.96. The van der Waals surface area contributed by atoms with E-state index in [1.807, 2.05) is 7.05 Å². The summed E-state index contributed by atoms with van der Waals surface area (Å²) in [6.45, 7) is 7.16. The Morgan fingerprint density at radius 1 is 1.14 bits per heavy atom. The summed E-state index contributed by atoms with van der Waals surface area (Å²) in [5.74, 6) is 1.82. The number of nitrogens with one attached hydrogen (secondary N) is 2. The van der Waals surface area contributed by atoms with Gasteiger partial charge in [0.2, 0.25) is 0 Å². The summed E-state index contributed by atoms with van der Waals surface area (Å²) in [5.41, 5.74) is 0. The van der Waals surface area contributed by atoms with Gasteiger partial charge in [-0.3, -0.25) is 4.99 Å². The van der Waals surface area contributed by atoms with Crippen LogP contribution in [0.3, 0.4) is 0 Å². The number of rotatable bonds is 5. The molecule has 5 heteroatoms. The molecule has 2 fully saturated rings. The van der Waals surface area contributed by atoms with Crippen molar-refractivity contribution in [3.05, 3.63) is 0 Å². The van der Waals surface area contributed by atoms with Crippen LogP contribution in [-0.4, -0.2) is 50.1 Å². The lowest BCUT2D eigenvalue weighted by molar-refractivity contribution is 0.185. The SMILES string of the molecule is CCCN1CCC(CNC(=NC)NC2CCCC2)CC1.I. The normalized spacial score (nSPS) is 22.1. The highest BCUT2D eigenvalue weighted by atomic mass is 127. The van der Waals surface area contributed by atoms with Crippen LogP contribution < -0.4 is 10.6 Å². The molecule has 0 bridgehead atoms. The predicted octanol–water partition coefficient (Wildman–Crippen LogP) is 2.83. The Labute approximate surface area is 147 Å². The molecule has 124 valence electrons. The highest BCUT2D eigenvalue weighted by Gasteiger charge is 2.20. The molecule has 1 heterocycles. The Morgan fingerprint density at radius 3 is 2.38 bits per heavy atom. The van der Waals surface area contributed by atoms with Crippen LogP contribution >= 0.6 is 24.0 Å². The number of piperidine rings is 1. The molecule has 0 atom stereocenters. The van der Waals surface area contributed by atoms with Crippen molar-refractivity contribution in [2.24, 2.45) is 10.9 Å². The van der Waals surface area contributed by atoms with Crippen molar-refractivity contribution < 1.29 is 0 Å². The predicted molar refractivity (Wildman–Crippen MR) is 102 cm³/mol. The highest BCUT2D eigenvalue weighted by Crippen LogP contribution is 2.18. The van der Waals surface area contributed by atoms with Gasteiger partial charge < -0.3 is 15.5 Å². The molecule has 2 aliphatic rings. The van der Waals surface area contributed by atoms with Gasteiger partial charge in [0, 0.05) is 19.6 Å². The lowest BCUT2D eigenvalue weighted by Crippen LogP contribution is -2.45. The molecule has 2 N–H and O–H groups in total. The van der Waals surface area contributed by atoms with Crippen molar-refractivity contribution in [3.63, 3.8) is 0 Å². The second kappa shape index (κ2) is 10.6. The number of hydrogen-bond acceptors (Lipinski definition) is 2. The molecule has 1 aliphatic heterocycles. The Morgan fingerprint density at radius 2 is 1.81 bits per heavy atom. The number of aliphatic imine (C=N–C) groups is 1. The third-order valence-corrected chi connectivity index (χ3v) is 4.72. The Kier molecular flexibility index (Phi) is 9.64. The van der Waals surface area contributed by atoms with E-state index in [1.54, 1.807) is 0 Å². The summed E-state index contributed by atoms with van der Waals surface area (Å²) >= 11 is 0. The number of hydrogen-bond donors (Lipinski definition) is 2. The first-order valence-corrected chi connectivity index (χ1v) is 8.51. The lowest BCUT2D eigenvalue weighted by atomic mass is 9.97. The van der Waals surface area contributed by atoms with Gasteiger partial charge in [-0.05, 0) is 57.7 Å². The molecular formula is C16H33IN4. The Hall–Kier alpha value is -0.0400. The van der Waals surface area contributed by atoms with Crippen molar-refractivity contribution in [2.75, 3.05) is 33.2 Å². The van der Waals surface area contributed by atoms with E-state index < -0.39 is 0 Å². The van der Waals surface area contributed by atoms with E-state index in [1.165, 1.54) is 64.6 Å². The van der Waals surface area contributed by atoms with Crippen molar-refractivity contribution >= 4 is 29.9 Å². The molecule has 0 aromatic rings. The maximum atomic E-state index is 4.36. The average molecular weight is 408 g/mol. The molecule has 4 nitrogen and oxygen atoms in total. The summed E-state index contributed by atoms with van der Waals surface area (Å²) in [5, 5.41) is 7.10. The molecule has 0 spiro atoms. The minimum absolute atomic E-state index is 0. The highest BCUT2D eigenvalue weighted by molar-refractivity contribution is 14.0. The molecule has 0 aromatic carbocycles. The lowest BCUT2D eigenvalue weighted by Gasteiger charge is -2.32. The van der Waals surface area contributed by atoms with Gasteiger partial charge in [0.1, 0.15) is 0 Å². The van der Waals surface area contributed by atoms with E-state index in [9.17, 15) is 0 Å². The molecule has 1 saturated carbocycles. The second-order valence-corrected chi connectivity index (χ2v) is 6.36. The van der Waals surface area contributed by atoms with Crippen LogP contribution in [0.2, 0.25) is 0 Å². The quantitative estimate of drug-likeness (QED) is 0.418. The van der Waals surface area contributed by atoms with Gasteiger partial charge in [-0.1, -0.05) is 19.8 Å². The molecule has 21 heavy (non-hydrogen) atoms. The second-order valence-electron chi connectivity index (χ2n) is 6.36. The van der Waals surface area contributed by atoms with Crippen LogP contribution in [0.1, 0.15) is 51.9 Å². The van der Waals surface area contributed by atoms with Crippen molar-refractivity contribution in [3.8, 4) is 0 Å². The van der Waals surface area contributed by atoms with Gasteiger partial charge in [0.15, 0.2) is 5.96 Å². The fourth-order valence-electron chi connectivity index (χ4n) is 3.43. The van der Waals surface area contributed by atoms with E-state index >= 15 is 0 Å². The largest absolute Gasteiger partial charge is 0.356 e. The zero-order valence-electron chi connectivity index (χ0n) is 13.7. The summed E-state index contributed by atoms with van der Waals surface area (Å²) < 4.78 is 0. The fourth-order valence-corrected chi connectivity index (χ4v) is 3.43. The van der Waals surface area contributed by atoms with Crippen molar-refractivity contribution in [2.45, 2.75) is 57.9 Å². The minimum atomic E-state index is 0. The zero-order chi connectivity index (χ0) is 14.2. The van der Waals surface area contributed by atoms with Crippen LogP contribution in [0.5, 0.6) is 0 Å². The number of likely N-dealkylation sites (tertiary alicyclic amines) is 1. The summed E-state index contributed by atoms with van der Waals surface area (Å²) in [6.07, 6.45) is 9.27. The first-order valence-electron chi connectivity index (χ1n) is 8.51. The van der Waals surface area contributed by atoms with E-state index in [2.05, 4.69) is 27.4 Å². The number of nitrogens with zero attached hydrogens (tertiary/aromatic N) is 2. The summed E-state index contributed by atoms with van der Waals surface area (Å²) in [6, 6.07) is 0.646. The van der Waals surface area contributed by atoms with E-state index in [4.69, 9.17) is 0 Å². The van der Waals surface area contributed by atoms with Gasteiger partial charge in [0.05, 0.1) is 0 Å². The third kappa shape index (κ3) is 6.72. The average Bonchev–Trinajstić information content (AvgIpc) is 2.98. The monoisotopic (exact) mass is 408 g/mol. The van der Waals surface area contributed by atoms with E-state index in [-0.39, 0.29) is 24.0 Å². The van der Waals surface area contributed by atoms with Crippen LogP contribution in [0, 0.1) is 5.92 Å². The zero-order valence-corrected chi connectivity index (χ0v) is 16.1. The van der Waals surface area contributed by atoms with Gasteiger partial charge >= 0.3 is 0 Å². The fraction of sp³-hybridized carbons (Fsp3) is 0.938. The molecule has 1 saturated heterocycles. The molecule has 0 unspecified atom stereocenters. The van der Waals surface area contributed by atoms with Crippen LogP contribution in [0.15, 0.2) is 4.99 Å². The Balaban J connectivity index is 0.00000220. The topological polar surface area (TPSA) is 39.7 Å². The molecule has 0 aromatic heterocycles. The van der Waals surface area contributed by atoms with Crippen LogP contribution in [0.25, 0.3) is 0 Å². The third-order valence-electron chi connectivity index (χ3n) is 4.72. The van der Waals surface area contributed by atoms with E-state index in [0.717, 1.165) is 18.4 Å². The van der Waals surface area contributed by atoms with Crippen LogP contribution in [-0.2, 0) is 0 Å². The smallest absolute Gasteiger partial charge is 0.191 e. The van der Waals surface area contributed by atoms with Gasteiger partial charge in [0.25, 0.3) is 0 Å². The Bertz CT molecular complexity index is 295. The summed E-state index contributed by atoms with van der Waals surface area (Å²) in [7, 11) is 1.88. The minimum Gasteiger partial charge on any atom is -0.356 e.